The van der Waals surface area contributed by atoms with Gasteiger partial charge < -0.3 is 10.2 Å². The van der Waals surface area contributed by atoms with Crippen LogP contribution in [0, 0.1) is 6.92 Å². The van der Waals surface area contributed by atoms with E-state index in [9.17, 15) is 0 Å². The first-order chi connectivity index (χ1) is 10.1. The summed E-state index contributed by atoms with van der Waals surface area (Å²) >= 11 is 0. The molecule has 2 atom stereocenters. The molecule has 2 aromatic rings. The van der Waals surface area contributed by atoms with Gasteiger partial charge in [-0.25, -0.2) is 0 Å². The minimum absolute atomic E-state index is 0.599. The first kappa shape index (κ1) is 14.1. The molecular weight excluding hydrogens is 260 g/mol. The number of nitrogens with one attached hydrogen (secondary N) is 1. The molecule has 1 aliphatic rings. The van der Waals surface area contributed by atoms with Crippen LogP contribution >= 0.6 is 0 Å². The van der Waals surface area contributed by atoms with E-state index in [2.05, 4.69) is 66.7 Å². The zero-order valence-corrected chi connectivity index (χ0v) is 13.3. The van der Waals surface area contributed by atoms with Gasteiger partial charge in [0.2, 0.25) is 0 Å². The third kappa shape index (κ3) is 2.81. The molecule has 1 aromatic heterocycles. The fourth-order valence-electron chi connectivity index (χ4n) is 3.18. The van der Waals surface area contributed by atoms with Crippen molar-refractivity contribution in [3.8, 4) is 0 Å². The molecular formula is C17H24N4. The topological polar surface area (TPSA) is 33.1 Å². The van der Waals surface area contributed by atoms with Gasteiger partial charge in [-0.1, -0.05) is 30.3 Å². The van der Waals surface area contributed by atoms with Gasteiger partial charge >= 0.3 is 0 Å². The molecule has 1 aliphatic carbocycles. The first-order valence-electron chi connectivity index (χ1n) is 7.56. The standard InChI is InChI=1S/C17H24N4/c1-12-15(17(20(2)3)21(4)19-12)11-18-16-10-14(16)13-8-6-5-7-9-13/h5-9,14,16,18H,10-11H2,1-4H3/t14-,16-/m0/s1. The van der Waals surface area contributed by atoms with Crippen molar-refractivity contribution in [2.75, 3.05) is 19.0 Å². The normalized spacial score (nSPS) is 20.6. The van der Waals surface area contributed by atoms with Crippen LogP contribution in [0.1, 0.15) is 29.2 Å². The third-order valence-electron chi connectivity index (χ3n) is 4.30. The van der Waals surface area contributed by atoms with Crippen LogP contribution in [-0.2, 0) is 13.6 Å². The molecule has 21 heavy (non-hydrogen) atoms. The maximum Gasteiger partial charge on any atom is 0.130 e. The van der Waals surface area contributed by atoms with Crippen LogP contribution in [0.3, 0.4) is 0 Å². The molecule has 0 amide bonds. The lowest BCUT2D eigenvalue weighted by Gasteiger charge is -2.15. The SMILES string of the molecule is Cc1nn(C)c(N(C)C)c1CN[C@H]1C[C@H]1c1ccccc1. The van der Waals surface area contributed by atoms with Gasteiger partial charge in [0.05, 0.1) is 5.69 Å². The number of benzene rings is 1. The van der Waals surface area contributed by atoms with Gasteiger partial charge in [0.25, 0.3) is 0 Å². The van der Waals surface area contributed by atoms with E-state index >= 15 is 0 Å². The highest BCUT2D eigenvalue weighted by Crippen LogP contribution is 2.41. The van der Waals surface area contributed by atoms with Crippen molar-refractivity contribution >= 4 is 5.82 Å². The van der Waals surface area contributed by atoms with Gasteiger partial charge in [-0.2, -0.15) is 5.10 Å². The van der Waals surface area contributed by atoms with E-state index in [0.29, 0.717) is 12.0 Å². The van der Waals surface area contributed by atoms with E-state index in [0.717, 1.165) is 12.2 Å². The molecule has 1 aromatic carbocycles. The van der Waals surface area contributed by atoms with Crippen molar-refractivity contribution in [3.05, 3.63) is 47.2 Å². The maximum atomic E-state index is 4.54. The quantitative estimate of drug-likeness (QED) is 0.915. The molecule has 0 unspecified atom stereocenters. The van der Waals surface area contributed by atoms with Crippen LogP contribution in [0.2, 0.25) is 0 Å². The molecule has 0 bridgehead atoms. The summed E-state index contributed by atoms with van der Waals surface area (Å²) < 4.78 is 1.97. The van der Waals surface area contributed by atoms with Gasteiger partial charge in [-0.3, -0.25) is 4.68 Å². The molecule has 4 nitrogen and oxygen atoms in total. The highest BCUT2D eigenvalue weighted by molar-refractivity contribution is 5.49. The van der Waals surface area contributed by atoms with Crippen molar-refractivity contribution in [1.82, 2.24) is 15.1 Å². The van der Waals surface area contributed by atoms with Crippen LogP contribution in [0.15, 0.2) is 30.3 Å². The zero-order valence-electron chi connectivity index (χ0n) is 13.3. The van der Waals surface area contributed by atoms with E-state index in [1.165, 1.54) is 23.4 Å². The Balaban J connectivity index is 1.65. The number of rotatable bonds is 5. The molecule has 0 radical (unpaired) electrons. The largest absolute Gasteiger partial charge is 0.363 e. The molecule has 3 rings (SSSR count). The van der Waals surface area contributed by atoms with Gasteiger partial charge in [0.15, 0.2) is 0 Å². The molecule has 4 heteroatoms. The smallest absolute Gasteiger partial charge is 0.130 e. The number of aromatic nitrogens is 2. The Bertz CT molecular complexity index is 615. The fourth-order valence-corrected chi connectivity index (χ4v) is 3.18. The van der Waals surface area contributed by atoms with Crippen molar-refractivity contribution in [2.24, 2.45) is 7.05 Å². The lowest BCUT2D eigenvalue weighted by atomic mass is 10.1. The van der Waals surface area contributed by atoms with Gasteiger partial charge in [0, 0.05) is 45.2 Å². The molecule has 1 fully saturated rings. The first-order valence-corrected chi connectivity index (χ1v) is 7.56. The van der Waals surface area contributed by atoms with Gasteiger partial charge in [-0.15, -0.1) is 0 Å². The molecule has 112 valence electrons. The molecule has 1 N–H and O–H groups in total. The summed E-state index contributed by atoms with van der Waals surface area (Å²) in [5.41, 5.74) is 3.87. The average Bonchev–Trinajstić information content (AvgIpc) is 3.17. The number of hydrogen-bond acceptors (Lipinski definition) is 3. The molecule has 0 saturated heterocycles. The maximum absolute atomic E-state index is 4.54. The van der Waals surface area contributed by atoms with Crippen LogP contribution in [-0.4, -0.2) is 29.9 Å². The van der Waals surface area contributed by atoms with Crippen molar-refractivity contribution in [3.63, 3.8) is 0 Å². The number of aryl methyl sites for hydroxylation is 2. The van der Waals surface area contributed by atoms with Crippen molar-refractivity contribution in [2.45, 2.75) is 31.8 Å². The summed E-state index contributed by atoms with van der Waals surface area (Å²) in [6.07, 6.45) is 1.24. The Kier molecular flexibility index (Phi) is 3.72. The molecule has 0 aliphatic heterocycles. The lowest BCUT2D eigenvalue weighted by Crippen LogP contribution is -2.21. The minimum atomic E-state index is 0.599. The summed E-state index contributed by atoms with van der Waals surface area (Å²) in [5.74, 6) is 1.86. The Hall–Kier alpha value is -1.81. The second-order valence-corrected chi connectivity index (χ2v) is 6.15. The number of hydrogen-bond donors (Lipinski definition) is 1. The van der Waals surface area contributed by atoms with Crippen LogP contribution < -0.4 is 10.2 Å². The monoisotopic (exact) mass is 284 g/mol. The second-order valence-electron chi connectivity index (χ2n) is 6.15. The van der Waals surface area contributed by atoms with Crippen LogP contribution in [0.25, 0.3) is 0 Å². The van der Waals surface area contributed by atoms with Crippen molar-refractivity contribution in [1.29, 1.82) is 0 Å². The summed E-state index contributed by atoms with van der Waals surface area (Å²) in [5, 5.41) is 8.23. The van der Waals surface area contributed by atoms with Gasteiger partial charge in [-0.05, 0) is 18.9 Å². The predicted octanol–water partition coefficient (Wildman–Crippen LogP) is 2.44. The van der Waals surface area contributed by atoms with E-state index in [1.807, 2.05) is 11.7 Å². The highest BCUT2D eigenvalue weighted by atomic mass is 15.4. The van der Waals surface area contributed by atoms with E-state index in [-0.39, 0.29) is 0 Å². The van der Waals surface area contributed by atoms with Crippen molar-refractivity contribution < 1.29 is 0 Å². The average molecular weight is 284 g/mol. The van der Waals surface area contributed by atoms with E-state index in [1.54, 1.807) is 0 Å². The fraction of sp³-hybridized carbons (Fsp3) is 0.471. The van der Waals surface area contributed by atoms with Crippen LogP contribution in [0.5, 0.6) is 0 Å². The van der Waals surface area contributed by atoms with Gasteiger partial charge in [0.1, 0.15) is 5.82 Å². The second kappa shape index (κ2) is 5.53. The summed E-state index contributed by atoms with van der Waals surface area (Å²) in [4.78, 5) is 2.14. The number of anilines is 1. The lowest BCUT2D eigenvalue weighted by molar-refractivity contribution is 0.669. The minimum Gasteiger partial charge on any atom is -0.363 e. The number of nitrogens with zero attached hydrogens (tertiary/aromatic N) is 3. The summed E-state index contributed by atoms with van der Waals surface area (Å²) in [6, 6.07) is 11.4. The van der Waals surface area contributed by atoms with E-state index in [4.69, 9.17) is 0 Å². The van der Waals surface area contributed by atoms with Crippen LogP contribution in [0.4, 0.5) is 5.82 Å². The highest BCUT2D eigenvalue weighted by Gasteiger charge is 2.37. The Morgan fingerprint density at radius 3 is 2.67 bits per heavy atom. The third-order valence-corrected chi connectivity index (χ3v) is 4.30. The molecule has 1 saturated carbocycles. The Morgan fingerprint density at radius 2 is 2.00 bits per heavy atom. The Morgan fingerprint density at radius 1 is 1.29 bits per heavy atom. The summed E-state index contributed by atoms with van der Waals surface area (Å²) in [7, 11) is 6.16. The van der Waals surface area contributed by atoms with E-state index < -0.39 is 0 Å². The predicted molar refractivity (Wildman–Crippen MR) is 86.7 cm³/mol. The summed E-state index contributed by atoms with van der Waals surface area (Å²) in [6.45, 7) is 2.98. The molecule has 0 spiro atoms. The molecule has 1 heterocycles. The zero-order chi connectivity index (χ0) is 15.0. The Labute approximate surface area is 126 Å².